The first-order valence-corrected chi connectivity index (χ1v) is 7.67. The number of hydrogen-bond donors (Lipinski definition) is 1. The molecular formula is C14H25N3O2. The maximum Gasteiger partial charge on any atom is 0.237 e. The lowest BCUT2D eigenvalue weighted by molar-refractivity contribution is -0.129. The van der Waals surface area contributed by atoms with E-state index in [0.717, 1.165) is 39.4 Å². The SMILES string of the molecule is O=C1CNC(C2CCCC2)N1CCN1CCOCC1. The third-order valence-electron chi connectivity index (χ3n) is 4.73. The van der Waals surface area contributed by atoms with E-state index < -0.39 is 0 Å². The van der Waals surface area contributed by atoms with Crippen LogP contribution in [0.2, 0.25) is 0 Å². The highest BCUT2D eigenvalue weighted by molar-refractivity contribution is 5.80. The maximum atomic E-state index is 12.0. The van der Waals surface area contributed by atoms with Crippen molar-refractivity contribution in [3.63, 3.8) is 0 Å². The quantitative estimate of drug-likeness (QED) is 0.794. The fourth-order valence-electron chi connectivity index (χ4n) is 3.59. The minimum Gasteiger partial charge on any atom is -0.379 e. The van der Waals surface area contributed by atoms with Crippen LogP contribution >= 0.6 is 0 Å². The number of hydrogen-bond acceptors (Lipinski definition) is 4. The Labute approximate surface area is 115 Å². The monoisotopic (exact) mass is 267 g/mol. The summed E-state index contributed by atoms with van der Waals surface area (Å²) < 4.78 is 5.36. The van der Waals surface area contributed by atoms with E-state index >= 15 is 0 Å². The van der Waals surface area contributed by atoms with Gasteiger partial charge in [0.15, 0.2) is 0 Å². The topological polar surface area (TPSA) is 44.8 Å². The van der Waals surface area contributed by atoms with Crippen molar-refractivity contribution in [1.29, 1.82) is 0 Å². The largest absolute Gasteiger partial charge is 0.379 e. The molecule has 5 nitrogen and oxygen atoms in total. The number of morpholine rings is 1. The van der Waals surface area contributed by atoms with Crippen LogP contribution in [0.3, 0.4) is 0 Å². The summed E-state index contributed by atoms with van der Waals surface area (Å²) in [5, 5.41) is 3.42. The van der Waals surface area contributed by atoms with Crippen molar-refractivity contribution in [3.8, 4) is 0 Å². The van der Waals surface area contributed by atoms with Gasteiger partial charge in [0.2, 0.25) is 5.91 Å². The van der Waals surface area contributed by atoms with E-state index in [9.17, 15) is 4.79 Å². The standard InChI is InChI=1S/C14H25N3O2/c18-13-11-15-14(12-3-1-2-4-12)17(13)6-5-16-7-9-19-10-8-16/h12,14-15H,1-11H2. The summed E-state index contributed by atoms with van der Waals surface area (Å²) in [4.78, 5) is 16.5. The molecule has 1 saturated carbocycles. The molecule has 0 spiro atoms. The average molecular weight is 267 g/mol. The van der Waals surface area contributed by atoms with Crippen LogP contribution in [0.5, 0.6) is 0 Å². The van der Waals surface area contributed by atoms with Gasteiger partial charge in [-0.2, -0.15) is 0 Å². The van der Waals surface area contributed by atoms with Crippen molar-refractivity contribution in [1.82, 2.24) is 15.1 Å². The molecule has 0 aromatic rings. The van der Waals surface area contributed by atoms with Crippen molar-refractivity contribution in [2.75, 3.05) is 45.9 Å². The van der Waals surface area contributed by atoms with E-state index in [0.29, 0.717) is 18.6 Å². The molecule has 3 aliphatic rings. The van der Waals surface area contributed by atoms with Crippen molar-refractivity contribution in [3.05, 3.63) is 0 Å². The molecule has 0 bridgehead atoms. The molecule has 1 N–H and O–H groups in total. The Morgan fingerprint density at radius 2 is 1.89 bits per heavy atom. The molecule has 0 aromatic carbocycles. The van der Waals surface area contributed by atoms with Gasteiger partial charge in [-0.1, -0.05) is 12.8 Å². The van der Waals surface area contributed by atoms with Gasteiger partial charge in [-0.3, -0.25) is 15.0 Å². The van der Waals surface area contributed by atoms with Crippen molar-refractivity contribution < 1.29 is 9.53 Å². The lowest BCUT2D eigenvalue weighted by Gasteiger charge is -2.32. The van der Waals surface area contributed by atoms with Gasteiger partial charge < -0.3 is 9.64 Å². The fraction of sp³-hybridized carbons (Fsp3) is 0.929. The molecule has 1 atom stereocenters. The highest BCUT2D eigenvalue weighted by Gasteiger charge is 2.37. The number of ether oxygens (including phenoxy) is 1. The second-order valence-electron chi connectivity index (χ2n) is 5.91. The molecule has 3 rings (SSSR count). The summed E-state index contributed by atoms with van der Waals surface area (Å²) in [6, 6.07) is 0. The molecule has 0 aromatic heterocycles. The lowest BCUT2D eigenvalue weighted by Crippen LogP contribution is -2.47. The van der Waals surface area contributed by atoms with Crippen LogP contribution in [-0.4, -0.2) is 67.8 Å². The predicted octanol–water partition coefficient (Wildman–Crippen LogP) is 0.267. The summed E-state index contributed by atoms with van der Waals surface area (Å²) in [7, 11) is 0. The zero-order valence-corrected chi connectivity index (χ0v) is 11.6. The summed E-state index contributed by atoms with van der Waals surface area (Å²) in [6.45, 7) is 6.06. The molecule has 108 valence electrons. The summed E-state index contributed by atoms with van der Waals surface area (Å²) >= 11 is 0. The zero-order chi connectivity index (χ0) is 13.1. The third kappa shape index (κ3) is 3.09. The highest BCUT2D eigenvalue weighted by Crippen LogP contribution is 2.30. The average Bonchev–Trinajstić information content (AvgIpc) is 3.07. The predicted molar refractivity (Wildman–Crippen MR) is 72.7 cm³/mol. The summed E-state index contributed by atoms with van der Waals surface area (Å²) in [5.74, 6) is 0.960. The van der Waals surface area contributed by atoms with E-state index in [-0.39, 0.29) is 5.91 Å². The molecule has 2 heterocycles. The molecule has 2 saturated heterocycles. The van der Waals surface area contributed by atoms with Crippen LogP contribution in [0.25, 0.3) is 0 Å². The van der Waals surface area contributed by atoms with Crippen LogP contribution in [0.4, 0.5) is 0 Å². The molecule has 2 aliphatic heterocycles. The van der Waals surface area contributed by atoms with Crippen LogP contribution in [0.15, 0.2) is 0 Å². The number of nitrogens with zero attached hydrogens (tertiary/aromatic N) is 2. The normalized spacial score (nSPS) is 30.4. The Morgan fingerprint density at radius 3 is 2.63 bits per heavy atom. The number of amides is 1. The number of rotatable bonds is 4. The number of carbonyl (C=O) groups excluding carboxylic acids is 1. The van der Waals surface area contributed by atoms with Crippen LogP contribution in [0, 0.1) is 5.92 Å². The molecule has 5 heteroatoms. The number of nitrogens with one attached hydrogen (secondary N) is 1. The molecular weight excluding hydrogens is 242 g/mol. The molecule has 1 aliphatic carbocycles. The highest BCUT2D eigenvalue weighted by atomic mass is 16.5. The third-order valence-corrected chi connectivity index (χ3v) is 4.73. The second kappa shape index (κ2) is 6.20. The van der Waals surface area contributed by atoms with Crippen molar-refractivity contribution in [2.45, 2.75) is 31.8 Å². The molecule has 3 fully saturated rings. The van der Waals surface area contributed by atoms with Gasteiger partial charge in [0.1, 0.15) is 0 Å². The Kier molecular flexibility index (Phi) is 4.35. The van der Waals surface area contributed by atoms with Gasteiger partial charge >= 0.3 is 0 Å². The van der Waals surface area contributed by atoms with Gasteiger partial charge in [-0.05, 0) is 18.8 Å². The molecule has 1 unspecified atom stereocenters. The summed E-state index contributed by atoms with van der Waals surface area (Å²) in [5.41, 5.74) is 0. The minimum absolute atomic E-state index is 0.283. The molecule has 1 amide bonds. The number of carbonyl (C=O) groups is 1. The smallest absolute Gasteiger partial charge is 0.237 e. The van der Waals surface area contributed by atoms with Crippen molar-refractivity contribution >= 4 is 5.91 Å². The zero-order valence-electron chi connectivity index (χ0n) is 11.6. The first-order chi connectivity index (χ1) is 9.34. The van der Waals surface area contributed by atoms with Crippen LogP contribution in [0.1, 0.15) is 25.7 Å². The lowest BCUT2D eigenvalue weighted by atomic mass is 10.0. The van der Waals surface area contributed by atoms with Gasteiger partial charge in [-0.15, -0.1) is 0 Å². The van der Waals surface area contributed by atoms with Crippen molar-refractivity contribution in [2.24, 2.45) is 5.92 Å². The second-order valence-corrected chi connectivity index (χ2v) is 5.91. The fourth-order valence-corrected chi connectivity index (χ4v) is 3.59. The van der Waals surface area contributed by atoms with Crippen LogP contribution in [-0.2, 0) is 9.53 Å². The Morgan fingerprint density at radius 1 is 1.16 bits per heavy atom. The van der Waals surface area contributed by atoms with E-state index in [1.54, 1.807) is 0 Å². The molecule has 19 heavy (non-hydrogen) atoms. The van der Waals surface area contributed by atoms with Crippen LogP contribution < -0.4 is 5.32 Å². The van der Waals surface area contributed by atoms with E-state index in [2.05, 4.69) is 15.1 Å². The van der Waals surface area contributed by atoms with E-state index in [1.807, 2.05) is 0 Å². The maximum absolute atomic E-state index is 12.0. The van der Waals surface area contributed by atoms with Gasteiger partial charge in [0, 0.05) is 26.2 Å². The molecule has 0 radical (unpaired) electrons. The van der Waals surface area contributed by atoms with Gasteiger partial charge in [-0.25, -0.2) is 0 Å². The summed E-state index contributed by atoms with van der Waals surface area (Å²) in [6.07, 6.45) is 5.51. The van der Waals surface area contributed by atoms with E-state index in [1.165, 1.54) is 25.7 Å². The van der Waals surface area contributed by atoms with Gasteiger partial charge in [0.25, 0.3) is 0 Å². The first kappa shape index (κ1) is 13.3. The van der Waals surface area contributed by atoms with E-state index in [4.69, 9.17) is 4.74 Å². The minimum atomic E-state index is 0.283. The Bertz CT molecular complexity index is 312. The Balaban J connectivity index is 1.52. The first-order valence-electron chi connectivity index (χ1n) is 7.67. The van der Waals surface area contributed by atoms with Gasteiger partial charge in [0.05, 0.1) is 25.9 Å². The Hall–Kier alpha value is -0.650.